The van der Waals surface area contributed by atoms with Crippen LogP contribution in [0.2, 0.25) is 0 Å². The fraction of sp³-hybridized carbons (Fsp3) is 0.364. The average molecular weight is 404 g/mol. The highest BCUT2D eigenvalue weighted by atomic mass is 16.2. The first kappa shape index (κ1) is 18.6. The van der Waals surface area contributed by atoms with E-state index in [4.69, 9.17) is 0 Å². The van der Waals surface area contributed by atoms with Crippen molar-refractivity contribution in [2.75, 3.05) is 18.4 Å². The Labute approximate surface area is 174 Å². The van der Waals surface area contributed by atoms with Gasteiger partial charge < -0.3 is 20.1 Å². The molecule has 2 fully saturated rings. The SMILES string of the molecule is O=C(NC1CCN(C(=O)Nc2ccccc2)CC1)c1cnc2c(c1)ncn2C1CC1. The molecule has 8 nitrogen and oxygen atoms in total. The van der Waals surface area contributed by atoms with Gasteiger partial charge in [0.1, 0.15) is 5.52 Å². The molecule has 154 valence electrons. The Balaban J connectivity index is 1.16. The Kier molecular flexibility index (Phi) is 4.82. The Morgan fingerprint density at radius 1 is 1.00 bits per heavy atom. The average Bonchev–Trinajstić information content (AvgIpc) is 3.53. The molecular formula is C22H24N6O2. The second-order valence-electron chi connectivity index (χ2n) is 7.98. The molecule has 0 unspecified atom stereocenters. The van der Waals surface area contributed by atoms with Crippen LogP contribution in [-0.4, -0.2) is 50.5 Å². The molecule has 5 rings (SSSR count). The van der Waals surface area contributed by atoms with Gasteiger partial charge in [-0.3, -0.25) is 4.79 Å². The molecule has 2 aromatic heterocycles. The Bertz CT molecular complexity index is 1070. The van der Waals surface area contributed by atoms with Crippen LogP contribution in [0.3, 0.4) is 0 Å². The summed E-state index contributed by atoms with van der Waals surface area (Å²) in [5.41, 5.74) is 2.89. The number of para-hydroxylation sites is 1. The maximum atomic E-state index is 12.7. The normalized spacial score (nSPS) is 17.1. The van der Waals surface area contributed by atoms with Gasteiger partial charge in [-0.25, -0.2) is 14.8 Å². The van der Waals surface area contributed by atoms with E-state index in [1.54, 1.807) is 17.2 Å². The molecule has 3 heterocycles. The number of hydrogen-bond acceptors (Lipinski definition) is 4. The van der Waals surface area contributed by atoms with Gasteiger partial charge in [-0.2, -0.15) is 0 Å². The summed E-state index contributed by atoms with van der Waals surface area (Å²) in [6.45, 7) is 1.21. The van der Waals surface area contributed by atoms with E-state index in [0.29, 0.717) is 24.7 Å². The summed E-state index contributed by atoms with van der Waals surface area (Å²) >= 11 is 0. The number of benzene rings is 1. The highest BCUT2D eigenvalue weighted by molar-refractivity contribution is 5.96. The van der Waals surface area contributed by atoms with Gasteiger partial charge >= 0.3 is 6.03 Å². The van der Waals surface area contributed by atoms with E-state index >= 15 is 0 Å². The van der Waals surface area contributed by atoms with E-state index in [2.05, 4.69) is 25.2 Å². The first-order valence-corrected chi connectivity index (χ1v) is 10.4. The maximum absolute atomic E-state index is 12.7. The number of aromatic nitrogens is 3. The molecule has 2 N–H and O–H groups in total. The summed E-state index contributed by atoms with van der Waals surface area (Å²) in [6, 6.07) is 11.7. The third kappa shape index (κ3) is 3.85. The minimum atomic E-state index is -0.141. The summed E-state index contributed by atoms with van der Waals surface area (Å²) in [7, 11) is 0. The van der Waals surface area contributed by atoms with Gasteiger partial charge in [0.25, 0.3) is 5.91 Å². The number of rotatable bonds is 4. The number of urea groups is 1. The molecule has 0 atom stereocenters. The van der Waals surface area contributed by atoms with E-state index in [-0.39, 0.29) is 18.0 Å². The molecule has 30 heavy (non-hydrogen) atoms. The predicted octanol–water partition coefficient (Wildman–Crippen LogP) is 3.19. The summed E-state index contributed by atoms with van der Waals surface area (Å²) in [5, 5.41) is 5.99. The van der Waals surface area contributed by atoms with Crippen molar-refractivity contribution in [2.24, 2.45) is 0 Å². The Morgan fingerprint density at radius 2 is 1.77 bits per heavy atom. The molecule has 1 saturated carbocycles. The minimum Gasteiger partial charge on any atom is -0.349 e. The van der Waals surface area contributed by atoms with E-state index in [9.17, 15) is 9.59 Å². The van der Waals surface area contributed by atoms with Gasteiger partial charge in [-0.15, -0.1) is 0 Å². The van der Waals surface area contributed by atoms with Crippen molar-refractivity contribution in [3.63, 3.8) is 0 Å². The van der Waals surface area contributed by atoms with Crippen LogP contribution >= 0.6 is 0 Å². The van der Waals surface area contributed by atoms with Crippen molar-refractivity contribution < 1.29 is 9.59 Å². The van der Waals surface area contributed by atoms with Crippen LogP contribution in [0.1, 0.15) is 42.1 Å². The van der Waals surface area contributed by atoms with Crippen LogP contribution in [0.4, 0.5) is 10.5 Å². The minimum absolute atomic E-state index is 0.0398. The lowest BCUT2D eigenvalue weighted by atomic mass is 10.0. The number of nitrogens with zero attached hydrogens (tertiary/aromatic N) is 4. The van der Waals surface area contributed by atoms with Gasteiger partial charge in [-0.1, -0.05) is 18.2 Å². The number of carbonyl (C=O) groups excluding carboxylic acids is 2. The molecule has 3 amide bonds. The second-order valence-corrected chi connectivity index (χ2v) is 7.98. The van der Waals surface area contributed by atoms with Crippen LogP contribution in [0, 0.1) is 0 Å². The number of nitrogens with one attached hydrogen (secondary N) is 2. The van der Waals surface area contributed by atoms with Crippen molar-refractivity contribution in [3.05, 3.63) is 54.5 Å². The van der Waals surface area contributed by atoms with Gasteiger partial charge in [0, 0.05) is 37.1 Å². The van der Waals surface area contributed by atoms with Crippen LogP contribution in [0.5, 0.6) is 0 Å². The van der Waals surface area contributed by atoms with Crippen molar-refractivity contribution >= 4 is 28.8 Å². The molecule has 1 aliphatic carbocycles. The lowest BCUT2D eigenvalue weighted by molar-refractivity contribution is 0.0919. The highest BCUT2D eigenvalue weighted by Gasteiger charge is 2.27. The number of fused-ring (bicyclic) bond motifs is 1. The smallest absolute Gasteiger partial charge is 0.321 e. The standard InChI is InChI=1S/C22H24N6O2/c29-21(15-12-19-20(23-13-15)28(14-24-19)18-6-7-18)25-17-8-10-27(11-9-17)22(30)26-16-4-2-1-3-5-16/h1-5,12-14,17-18H,6-11H2,(H,25,29)(H,26,30). The molecule has 1 aliphatic heterocycles. The number of carbonyl (C=O) groups is 2. The molecular weight excluding hydrogens is 380 g/mol. The summed E-state index contributed by atoms with van der Waals surface area (Å²) in [6.07, 6.45) is 7.21. The maximum Gasteiger partial charge on any atom is 0.321 e. The van der Waals surface area contributed by atoms with Crippen molar-refractivity contribution in [3.8, 4) is 0 Å². The van der Waals surface area contributed by atoms with E-state index in [1.165, 1.54) is 0 Å². The number of likely N-dealkylation sites (tertiary alicyclic amines) is 1. The zero-order valence-corrected chi connectivity index (χ0v) is 16.6. The quantitative estimate of drug-likeness (QED) is 0.699. The molecule has 3 aromatic rings. The lowest BCUT2D eigenvalue weighted by Gasteiger charge is -2.32. The molecule has 0 spiro atoms. The van der Waals surface area contributed by atoms with Crippen LogP contribution in [-0.2, 0) is 0 Å². The van der Waals surface area contributed by atoms with Crippen LogP contribution in [0.25, 0.3) is 11.2 Å². The third-order valence-electron chi connectivity index (χ3n) is 5.76. The monoisotopic (exact) mass is 404 g/mol. The van der Waals surface area contributed by atoms with Crippen molar-refractivity contribution in [2.45, 2.75) is 37.8 Å². The summed E-state index contributed by atoms with van der Waals surface area (Å²) in [4.78, 5) is 35.8. The first-order chi connectivity index (χ1) is 14.7. The highest BCUT2D eigenvalue weighted by Crippen LogP contribution is 2.36. The molecule has 0 radical (unpaired) electrons. The predicted molar refractivity (Wildman–Crippen MR) is 113 cm³/mol. The number of pyridine rings is 1. The molecule has 2 aliphatic rings. The van der Waals surface area contributed by atoms with E-state index in [0.717, 1.165) is 42.5 Å². The second kappa shape index (κ2) is 7.78. The number of hydrogen-bond donors (Lipinski definition) is 2. The zero-order valence-electron chi connectivity index (χ0n) is 16.6. The molecule has 1 saturated heterocycles. The largest absolute Gasteiger partial charge is 0.349 e. The fourth-order valence-electron chi connectivity index (χ4n) is 3.88. The third-order valence-corrected chi connectivity index (χ3v) is 5.76. The van der Waals surface area contributed by atoms with Crippen molar-refractivity contribution in [1.29, 1.82) is 0 Å². The van der Waals surface area contributed by atoms with Gasteiger partial charge in [-0.05, 0) is 43.9 Å². The van der Waals surface area contributed by atoms with Gasteiger partial charge in [0.2, 0.25) is 0 Å². The lowest BCUT2D eigenvalue weighted by Crippen LogP contribution is -2.47. The number of anilines is 1. The topological polar surface area (TPSA) is 92.2 Å². The Morgan fingerprint density at radius 3 is 2.50 bits per heavy atom. The van der Waals surface area contributed by atoms with E-state index in [1.807, 2.05) is 36.7 Å². The molecule has 0 bridgehead atoms. The van der Waals surface area contributed by atoms with Gasteiger partial charge in [0.05, 0.1) is 11.9 Å². The van der Waals surface area contributed by atoms with E-state index < -0.39 is 0 Å². The number of piperidine rings is 1. The van der Waals surface area contributed by atoms with Crippen LogP contribution in [0.15, 0.2) is 48.9 Å². The summed E-state index contributed by atoms with van der Waals surface area (Å²) < 4.78 is 2.09. The number of amides is 3. The molecule has 1 aromatic carbocycles. The molecule has 8 heteroatoms. The van der Waals surface area contributed by atoms with Crippen LogP contribution < -0.4 is 10.6 Å². The first-order valence-electron chi connectivity index (χ1n) is 10.4. The van der Waals surface area contributed by atoms with Gasteiger partial charge in [0.15, 0.2) is 5.65 Å². The van der Waals surface area contributed by atoms with Crippen molar-refractivity contribution in [1.82, 2.24) is 24.8 Å². The Hall–Kier alpha value is -3.42. The summed E-state index contributed by atoms with van der Waals surface area (Å²) in [5.74, 6) is -0.141. The zero-order chi connectivity index (χ0) is 20.5. The fourth-order valence-corrected chi connectivity index (χ4v) is 3.88. The number of imidazole rings is 1.